The van der Waals surface area contributed by atoms with Crippen molar-refractivity contribution in [2.45, 2.75) is 49.8 Å². The minimum absolute atomic E-state index is 0.0225. The molecule has 1 unspecified atom stereocenters. The number of nitrogens with one attached hydrogen (secondary N) is 1. The lowest BCUT2D eigenvalue weighted by atomic mass is 10.1. The van der Waals surface area contributed by atoms with Gasteiger partial charge in [-0.3, -0.25) is 4.79 Å². The molecule has 1 atom stereocenters. The molecule has 0 heterocycles. The number of rotatable bonds is 7. The van der Waals surface area contributed by atoms with Crippen LogP contribution >= 0.6 is 11.8 Å². The maximum atomic E-state index is 12.5. The van der Waals surface area contributed by atoms with Crippen LogP contribution in [0.4, 0.5) is 0 Å². The highest BCUT2D eigenvalue weighted by atomic mass is 32.2. The van der Waals surface area contributed by atoms with Crippen LogP contribution in [0.25, 0.3) is 0 Å². The second-order valence-electron chi connectivity index (χ2n) is 6.06. The molecular weight excluding hydrogens is 302 g/mol. The van der Waals surface area contributed by atoms with Gasteiger partial charge >= 0.3 is 0 Å². The lowest BCUT2D eigenvalue weighted by Gasteiger charge is -2.16. The molecule has 0 aliphatic carbocycles. The van der Waals surface area contributed by atoms with Crippen molar-refractivity contribution in [2.24, 2.45) is 0 Å². The Morgan fingerprint density at radius 1 is 1.00 bits per heavy atom. The fraction of sp³-hybridized carbons (Fsp3) is 0.350. The summed E-state index contributed by atoms with van der Waals surface area (Å²) in [5, 5.41) is 3.59. The summed E-state index contributed by atoms with van der Waals surface area (Å²) in [4.78, 5) is 13.6. The number of amides is 1. The van der Waals surface area contributed by atoms with Crippen molar-refractivity contribution in [1.29, 1.82) is 0 Å². The predicted octanol–water partition coefficient (Wildman–Crippen LogP) is 4.94. The minimum atomic E-state index is 0.0225. The molecule has 0 aromatic heterocycles. The molecular formula is C20H25NOS. The first-order valence-corrected chi connectivity index (χ1v) is 9.04. The fourth-order valence-corrected chi connectivity index (χ4v) is 3.37. The van der Waals surface area contributed by atoms with Crippen LogP contribution in [0.15, 0.2) is 59.5 Å². The summed E-state index contributed by atoms with van der Waals surface area (Å²) in [5.74, 6) is 0.0225. The SMILES string of the molecule is CC(CCc1ccccc1)NC(=O)c1ccccc1SC(C)C. The zero-order valence-corrected chi connectivity index (χ0v) is 14.9. The van der Waals surface area contributed by atoms with Crippen LogP contribution in [-0.2, 0) is 6.42 Å². The topological polar surface area (TPSA) is 29.1 Å². The van der Waals surface area contributed by atoms with Crippen molar-refractivity contribution in [3.05, 3.63) is 65.7 Å². The molecule has 2 aromatic rings. The Morgan fingerprint density at radius 2 is 1.65 bits per heavy atom. The third-order valence-electron chi connectivity index (χ3n) is 3.58. The van der Waals surface area contributed by atoms with E-state index in [1.165, 1.54) is 5.56 Å². The molecule has 0 aliphatic rings. The van der Waals surface area contributed by atoms with Crippen LogP contribution < -0.4 is 5.32 Å². The van der Waals surface area contributed by atoms with Crippen molar-refractivity contribution < 1.29 is 4.79 Å². The van der Waals surface area contributed by atoms with Gasteiger partial charge in [-0.25, -0.2) is 0 Å². The molecule has 0 fully saturated rings. The van der Waals surface area contributed by atoms with E-state index in [4.69, 9.17) is 0 Å². The second-order valence-corrected chi connectivity index (χ2v) is 7.68. The lowest BCUT2D eigenvalue weighted by Crippen LogP contribution is -2.33. The lowest BCUT2D eigenvalue weighted by molar-refractivity contribution is 0.0935. The zero-order valence-electron chi connectivity index (χ0n) is 14.1. The summed E-state index contributed by atoms with van der Waals surface area (Å²) in [5.41, 5.74) is 2.09. The van der Waals surface area contributed by atoms with Crippen molar-refractivity contribution >= 4 is 17.7 Å². The van der Waals surface area contributed by atoms with E-state index in [1.807, 2.05) is 30.3 Å². The van der Waals surface area contributed by atoms with Gasteiger partial charge in [-0.05, 0) is 37.5 Å². The first-order valence-electron chi connectivity index (χ1n) is 8.16. The van der Waals surface area contributed by atoms with Crippen LogP contribution in [0.3, 0.4) is 0 Å². The van der Waals surface area contributed by atoms with Gasteiger partial charge in [-0.2, -0.15) is 0 Å². The maximum absolute atomic E-state index is 12.5. The number of benzene rings is 2. The van der Waals surface area contributed by atoms with E-state index < -0.39 is 0 Å². The number of thioether (sulfide) groups is 1. The number of carbonyl (C=O) groups is 1. The van der Waals surface area contributed by atoms with Gasteiger partial charge in [-0.1, -0.05) is 56.3 Å². The van der Waals surface area contributed by atoms with E-state index in [0.29, 0.717) is 5.25 Å². The highest BCUT2D eigenvalue weighted by Crippen LogP contribution is 2.26. The molecule has 0 bridgehead atoms. The predicted molar refractivity (Wildman–Crippen MR) is 99.1 cm³/mol. The summed E-state index contributed by atoms with van der Waals surface area (Å²) in [6, 6.07) is 18.4. The van der Waals surface area contributed by atoms with Gasteiger partial charge < -0.3 is 5.32 Å². The molecule has 2 nitrogen and oxygen atoms in total. The Morgan fingerprint density at radius 3 is 2.35 bits per heavy atom. The van der Waals surface area contributed by atoms with E-state index in [9.17, 15) is 4.79 Å². The number of hydrogen-bond acceptors (Lipinski definition) is 2. The Bertz CT molecular complexity index is 625. The van der Waals surface area contributed by atoms with Gasteiger partial charge in [0, 0.05) is 16.2 Å². The minimum Gasteiger partial charge on any atom is -0.350 e. The summed E-state index contributed by atoms with van der Waals surface area (Å²) in [7, 11) is 0. The molecule has 1 amide bonds. The first kappa shape index (κ1) is 17.6. The average molecular weight is 327 g/mol. The molecule has 3 heteroatoms. The molecule has 0 saturated heterocycles. The zero-order chi connectivity index (χ0) is 16.7. The van der Waals surface area contributed by atoms with Gasteiger partial charge in [0.05, 0.1) is 5.56 Å². The van der Waals surface area contributed by atoms with Crippen LogP contribution in [0.2, 0.25) is 0 Å². The quantitative estimate of drug-likeness (QED) is 0.730. The van der Waals surface area contributed by atoms with E-state index in [1.54, 1.807) is 11.8 Å². The summed E-state index contributed by atoms with van der Waals surface area (Å²) < 4.78 is 0. The van der Waals surface area contributed by atoms with Gasteiger partial charge in [0.25, 0.3) is 5.91 Å². The van der Waals surface area contributed by atoms with E-state index >= 15 is 0 Å². The fourth-order valence-electron chi connectivity index (χ4n) is 2.41. The third-order valence-corrected chi connectivity index (χ3v) is 4.66. The summed E-state index contributed by atoms with van der Waals surface area (Å²) in [6.45, 7) is 6.35. The van der Waals surface area contributed by atoms with E-state index in [2.05, 4.69) is 50.4 Å². The first-order chi connectivity index (χ1) is 11.1. The molecule has 122 valence electrons. The van der Waals surface area contributed by atoms with Crippen LogP contribution in [0.5, 0.6) is 0 Å². The largest absolute Gasteiger partial charge is 0.350 e. The van der Waals surface area contributed by atoms with Crippen molar-refractivity contribution in [1.82, 2.24) is 5.32 Å². The van der Waals surface area contributed by atoms with Crippen LogP contribution in [-0.4, -0.2) is 17.2 Å². The maximum Gasteiger partial charge on any atom is 0.252 e. The highest BCUT2D eigenvalue weighted by Gasteiger charge is 2.14. The van der Waals surface area contributed by atoms with Gasteiger partial charge in [0.15, 0.2) is 0 Å². The van der Waals surface area contributed by atoms with Gasteiger partial charge in [0.1, 0.15) is 0 Å². The molecule has 1 N–H and O–H groups in total. The Hall–Kier alpha value is -1.74. The molecule has 0 radical (unpaired) electrons. The standard InChI is InChI=1S/C20H25NOS/c1-15(2)23-19-12-8-7-11-18(19)20(22)21-16(3)13-14-17-9-5-4-6-10-17/h4-12,15-16H,13-14H2,1-3H3,(H,21,22). The van der Waals surface area contributed by atoms with E-state index in [-0.39, 0.29) is 11.9 Å². The third kappa shape index (κ3) is 5.76. The van der Waals surface area contributed by atoms with Gasteiger partial charge in [-0.15, -0.1) is 11.8 Å². The summed E-state index contributed by atoms with van der Waals surface area (Å²) in [6.07, 6.45) is 1.92. The number of aryl methyl sites for hydroxylation is 1. The van der Waals surface area contributed by atoms with Crippen molar-refractivity contribution in [3.8, 4) is 0 Å². The van der Waals surface area contributed by atoms with E-state index in [0.717, 1.165) is 23.3 Å². The molecule has 23 heavy (non-hydrogen) atoms. The Balaban J connectivity index is 1.93. The van der Waals surface area contributed by atoms with Crippen LogP contribution in [0.1, 0.15) is 43.1 Å². The highest BCUT2D eigenvalue weighted by molar-refractivity contribution is 8.00. The molecule has 0 saturated carbocycles. The number of hydrogen-bond donors (Lipinski definition) is 1. The molecule has 0 spiro atoms. The van der Waals surface area contributed by atoms with Gasteiger partial charge in [0.2, 0.25) is 0 Å². The monoisotopic (exact) mass is 327 g/mol. The molecule has 2 aromatic carbocycles. The normalized spacial score (nSPS) is 12.2. The Labute approximate surface area is 143 Å². The van der Waals surface area contributed by atoms with Crippen LogP contribution in [0, 0.1) is 0 Å². The molecule has 0 aliphatic heterocycles. The van der Waals surface area contributed by atoms with Crippen molar-refractivity contribution in [2.75, 3.05) is 0 Å². The molecule has 2 rings (SSSR count). The van der Waals surface area contributed by atoms with Crippen molar-refractivity contribution in [3.63, 3.8) is 0 Å². The second kappa shape index (κ2) is 8.78. The smallest absolute Gasteiger partial charge is 0.252 e. The summed E-state index contributed by atoms with van der Waals surface area (Å²) >= 11 is 1.73. The number of carbonyl (C=O) groups excluding carboxylic acids is 1. The Kier molecular flexibility index (Phi) is 6.72. The average Bonchev–Trinajstić information content (AvgIpc) is 2.54.